The Hall–Kier alpha value is -1.88. The maximum absolute atomic E-state index is 12.4. The quantitative estimate of drug-likeness (QED) is 0.782. The SMILES string of the molecule is Cc1cc(C(N)=O)ccc1NC(=O)C(C)(C)C(C)(C)N. The number of hydrogen-bond acceptors (Lipinski definition) is 3. The monoisotopic (exact) mass is 277 g/mol. The average molecular weight is 277 g/mol. The van der Waals surface area contributed by atoms with Gasteiger partial charge < -0.3 is 16.8 Å². The third kappa shape index (κ3) is 3.17. The molecule has 0 radical (unpaired) electrons. The van der Waals surface area contributed by atoms with Crippen molar-refractivity contribution >= 4 is 17.5 Å². The fourth-order valence-corrected chi connectivity index (χ4v) is 1.53. The molecule has 0 heterocycles. The van der Waals surface area contributed by atoms with Crippen LogP contribution in [0.3, 0.4) is 0 Å². The highest BCUT2D eigenvalue weighted by molar-refractivity contribution is 5.98. The summed E-state index contributed by atoms with van der Waals surface area (Å²) in [4.78, 5) is 23.5. The van der Waals surface area contributed by atoms with Gasteiger partial charge in [0.15, 0.2) is 0 Å². The van der Waals surface area contributed by atoms with E-state index in [1.54, 1.807) is 32.0 Å². The molecule has 0 aliphatic heterocycles. The van der Waals surface area contributed by atoms with Crippen molar-refractivity contribution in [1.82, 2.24) is 0 Å². The van der Waals surface area contributed by atoms with Gasteiger partial charge in [-0.05, 0) is 58.4 Å². The molecule has 0 fully saturated rings. The number of carbonyl (C=O) groups excluding carboxylic acids is 2. The predicted molar refractivity (Wildman–Crippen MR) is 80.4 cm³/mol. The zero-order valence-corrected chi connectivity index (χ0v) is 12.7. The number of rotatable bonds is 4. The smallest absolute Gasteiger partial charge is 0.248 e. The van der Waals surface area contributed by atoms with Crippen molar-refractivity contribution in [2.24, 2.45) is 16.9 Å². The third-order valence-corrected chi connectivity index (χ3v) is 3.94. The van der Waals surface area contributed by atoms with Crippen molar-refractivity contribution < 1.29 is 9.59 Å². The first kappa shape index (κ1) is 16.2. The lowest BCUT2D eigenvalue weighted by molar-refractivity contribution is -0.126. The number of amides is 2. The summed E-state index contributed by atoms with van der Waals surface area (Å²) in [6, 6.07) is 4.91. The van der Waals surface area contributed by atoms with Crippen LogP contribution in [0.25, 0.3) is 0 Å². The molecule has 0 atom stereocenters. The number of carbonyl (C=O) groups is 2. The summed E-state index contributed by atoms with van der Waals surface area (Å²) in [5.41, 5.74) is 11.7. The van der Waals surface area contributed by atoms with Crippen LogP contribution in [0.15, 0.2) is 18.2 Å². The van der Waals surface area contributed by atoms with Crippen molar-refractivity contribution in [3.63, 3.8) is 0 Å². The van der Waals surface area contributed by atoms with Gasteiger partial charge in [0.1, 0.15) is 0 Å². The van der Waals surface area contributed by atoms with Crippen LogP contribution in [0.5, 0.6) is 0 Å². The molecular weight excluding hydrogens is 254 g/mol. The van der Waals surface area contributed by atoms with E-state index in [0.717, 1.165) is 5.56 Å². The Morgan fingerprint density at radius 1 is 1.15 bits per heavy atom. The van der Waals surface area contributed by atoms with Crippen LogP contribution in [0.4, 0.5) is 5.69 Å². The molecule has 110 valence electrons. The van der Waals surface area contributed by atoms with Gasteiger partial charge in [0, 0.05) is 16.8 Å². The molecule has 0 spiro atoms. The van der Waals surface area contributed by atoms with Crippen LogP contribution in [0, 0.1) is 12.3 Å². The molecule has 0 bridgehead atoms. The first-order valence-electron chi connectivity index (χ1n) is 6.47. The topological polar surface area (TPSA) is 98.2 Å². The van der Waals surface area contributed by atoms with Gasteiger partial charge >= 0.3 is 0 Å². The molecule has 2 amide bonds. The maximum atomic E-state index is 12.4. The highest BCUT2D eigenvalue weighted by atomic mass is 16.2. The second kappa shape index (κ2) is 5.25. The Bertz CT molecular complexity index is 543. The third-order valence-electron chi connectivity index (χ3n) is 3.94. The van der Waals surface area contributed by atoms with Crippen LogP contribution < -0.4 is 16.8 Å². The second-order valence-electron chi connectivity index (χ2n) is 6.19. The molecule has 0 aliphatic rings. The van der Waals surface area contributed by atoms with E-state index in [-0.39, 0.29) is 5.91 Å². The Morgan fingerprint density at radius 3 is 2.10 bits per heavy atom. The molecule has 0 saturated heterocycles. The van der Waals surface area contributed by atoms with E-state index < -0.39 is 16.9 Å². The number of primary amides is 1. The highest BCUT2D eigenvalue weighted by Crippen LogP contribution is 2.30. The minimum atomic E-state index is -0.734. The molecule has 0 saturated carbocycles. The largest absolute Gasteiger partial charge is 0.366 e. The van der Waals surface area contributed by atoms with Crippen LogP contribution >= 0.6 is 0 Å². The van der Waals surface area contributed by atoms with Gasteiger partial charge in [0.2, 0.25) is 11.8 Å². The van der Waals surface area contributed by atoms with Gasteiger partial charge in [-0.1, -0.05) is 0 Å². The first-order valence-corrected chi connectivity index (χ1v) is 6.47. The number of nitrogens with one attached hydrogen (secondary N) is 1. The summed E-state index contributed by atoms with van der Waals surface area (Å²) in [6.07, 6.45) is 0. The van der Waals surface area contributed by atoms with E-state index in [1.165, 1.54) is 0 Å². The van der Waals surface area contributed by atoms with Gasteiger partial charge in [-0.25, -0.2) is 0 Å². The van der Waals surface area contributed by atoms with Gasteiger partial charge in [0.05, 0.1) is 5.41 Å². The fraction of sp³-hybridized carbons (Fsp3) is 0.467. The molecule has 5 nitrogen and oxygen atoms in total. The van der Waals surface area contributed by atoms with Crippen molar-refractivity contribution in [1.29, 1.82) is 0 Å². The molecule has 5 heteroatoms. The summed E-state index contributed by atoms with van der Waals surface area (Å²) < 4.78 is 0. The normalized spacial score (nSPS) is 12.1. The molecule has 0 unspecified atom stereocenters. The molecule has 1 rings (SSSR count). The van der Waals surface area contributed by atoms with Crippen molar-refractivity contribution in [3.8, 4) is 0 Å². The Balaban J connectivity index is 3.00. The van der Waals surface area contributed by atoms with E-state index in [9.17, 15) is 9.59 Å². The van der Waals surface area contributed by atoms with E-state index in [1.807, 2.05) is 20.8 Å². The summed E-state index contributed by atoms with van der Waals surface area (Å²) in [7, 11) is 0. The van der Waals surface area contributed by atoms with Crippen LogP contribution in [-0.4, -0.2) is 17.4 Å². The summed E-state index contributed by atoms with van der Waals surface area (Å²) >= 11 is 0. The van der Waals surface area contributed by atoms with E-state index >= 15 is 0 Å². The Morgan fingerprint density at radius 2 is 1.70 bits per heavy atom. The van der Waals surface area contributed by atoms with Crippen LogP contribution in [0.1, 0.15) is 43.6 Å². The van der Waals surface area contributed by atoms with Crippen molar-refractivity contribution in [2.75, 3.05) is 5.32 Å². The number of anilines is 1. The van der Waals surface area contributed by atoms with Gasteiger partial charge in [-0.15, -0.1) is 0 Å². The minimum Gasteiger partial charge on any atom is -0.366 e. The number of nitrogens with two attached hydrogens (primary N) is 2. The van der Waals surface area contributed by atoms with E-state index in [4.69, 9.17) is 11.5 Å². The lowest BCUT2D eigenvalue weighted by Gasteiger charge is -2.37. The van der Waals surface area contributed by atoms with Crippen molar-refractivity contribution in [3.05, 3.63) is 29.3 Å². The summed E-state index contributed by atoms with van der Waals surface area (Å²) in [5, 5.41) is 2.85. The molecule has 1 aromatic carbocycles. The summed E-state index contributed by atoms with van der Waals surface area (Å²) in [6.45, 7) is 9.04. The minimum absolute atomic E-state index is 0.167. The Labute approximate surface area is 119 Å². The average Bonchev–Trinajstić information content (AvgIpc) is 2.29. The van der Waals surface area contributed by atoms with Gasteiger partial charge in [-0.3, -0.25) is 9.59 Å². The maximum Gasteiger partial charge on any atom is 0.248 e. The van der Waals surface area contributed by atoms with E-state index in [0.29, 0.717) is 11.3 Å². The highest BCUT2D eigenvalue weighted by Gasteiger charge is 2.40. The standard InChI is InChI=1S/C15H23N3O2/c1-9-8-10(12(16)19)6-7-11(9)18-13(20)14(2,3)15(4,5)17/h6-8H,17H2,1-5H3,(H2,16,19)(H,18,20). The zero-order chi connectivity index (χ0) is 15.7. The molecule has 0 aromatic heterocycles. The zero-order valence-electron chi connectivity index (χ0n) is 12.7. The van der Waals surface area contributed by atoms with Crippen LogP contribution in [-0.2, 0) is 4.79 Å². The number of benzene rings is 1. The molecular formula is C15H23N3O2. The van der Waals surface area contributed by atoms with Gasteiger partial charge in [0.25, 0.3) is 0 Å². The fourth-order valence-electron chi connectivity index (χ4n) is 1.53. The van der Waals surface area contributed by atoms with E-state index in [2.05, 4.69) is 5.32 Å². The first-order chi connectivity index (χ1) is 8.96. The predicted octanol–water partition coefficient (Wildman–Crippen LogP) is 1.80. The summed E-state index contributed by atoms with van der Waals surface area (Å²) in [5.74, 6) is -0.658. The van der Waals surface area contributed by atoms with Gasteiger partial charge in [-0.2, -0.15) is 0 Å². The lowest BCUT2D eigenvalue weighted by atomic mass is 9.74. The molecule has 5 N–H and O–H groups in total. The number of aryl methyl sites for hydroxylation is 1. The number of hydrogen-bond donors (Lipinski definition) is 3. The van der Waals surface area contributed by atoms with Crippen LogP contribution in [0.2, 0.25) is 0 Å². The molecule has 0 aliphatic carbocycles. The lowest BCUT2D eigenvalue weighted by Crippen LogP contribution is -2.53. The molecule has 20 heavy (non-hydrogen) atoms. The van der Waals surface area contributed by atoms with Crippen molar-refractivity contribution in [2.45, 2.75) is 40.2 Å². The Kier molecular flexibility index (Phi) is 4.24. The molecule has 1 aromatic rings. The second-order valence-corrected chi connectivity index (χ2v) is 6.19.